The van der Waals surface area contributed by atoms with E-state index in [1.165, 1.54) is 41.8 Å². The van der Waals surface area contributed by atoms with Crippen LogP contribution in [0.3, 0.4) is 0 Å². The number of halogens is 3. The average Bonchev–Trinajstić information content (AvgIpc) is 3.08. The minimum atomic E-state index is -5.24. The lowest BCUT2D eigenvalue weighted by molar-refractivity contribution is -0.166. The van der Waals surface area contributed by atoms with Crippen LogP contribution in [0.2, 0.25) is 0 Å². The van der Waals surface area contributed by atoms with Crippen molar-refractivity contribution < 1.29 is 33.0 Å². The van der Waals surface area contributed by atoms with Crippen molar-refractivity contribution in [1.29, 1.82) is 0 Å². The van der Waals surface area contributed by atoms with Crippen LogP contribution in [0.25, 0.3) is 5.76 Å². The predicted octanol–water partition coefficient (Wildman–Crippen LogP) is 4.59. The van der Waals surface area contributed by atoms with Gasteiger partial charge < -0.3 is 10.2 Å². The lowest BCUT2D eigenvalue weighted by Crippen LogP contribution is -2.24. The Morgan fingerprint density at radius 3 is 2.16 bits per heavy atom. The molecular weight excluding hydrogens is 361 g/mol. The number of aliphatic hydroxyl groups excluding tert-OH is 1. The number of ketones is 1. The van der Waals surface area contributed by atoms with E-state index in [0.717, 1.165) is 11.3 Å². The van der Waals surface area contributed by atoms with Gasteiger partial charge in [-0.15, -0.1) is 16.5 Å². The molecule has 130 valence electrons. The fraction of sp³-hybridized carbons (Fsp3) is 0.0667. The van der Waals surface area contributed by atoms with Crippen LogP contribution in [0.5, 0.6) is 0 Å². The first kappa shape index (κ1) is 18.3. The number of allylic oxidation sites excluding steroid dienone is 1. The zero-order valence-corrected chi connectivity index (χ0v) is 13.0. The van der Waals surface area contributed by atoms with Gasteiger partial charge in [0, 0.05) is 0 Å². The minimum Gasteiger partial charge on any atom is -0.504 e. The second-order valence-corrected chi connectivity index (χ2v) is 5.50. The van der Waals surface area contributed by atoms with E-state index in [9.17, 15) is 27.9 Å². The number of Topliss-reactive ketones (excluding diaryl/α,β-unsaturated/α-hetero) is 1. The number of azo groups is 1. The molecule has 2 aromatic rings. The van der Waals surface area contributed by atoms with Gasteiger partial charge in [-0.3, -0.25) is 4.79 Å². The number of carbonyl (C=O) groups excluding carboxylic acids is 1. The van der Waals surface area contributed by atoms with Crippen LogP contribution in [-0.4, -0.2) is 28.1 Å². The number of thiophene rings is 1. The van der Waals surface area contributed by atoms with Crippen LogP contribution in [0, 0.1) is 0 Å². The van der Waals surface area contributed by atoms with Crippen LogP contribution < -0.4 is 0 Å². The van der Waals surface area contributed by atoms with Crippen molar-refractivity contribution in [3.8, 4) is 0 Å². The van der Waals surface area contributed by atoms with Gasteiger partial charge in [-0.05, 0) is 35.7 Å². The molecule has 0 amide bonds. The summed E-state index contributed by atoms with van der Waals surface area (Å²) in [6.07, 6.45) is -5.24. The Kier molecular flexibility index (Phi) is 5.32. The maximum absolute atomic E-state index is 12.7. The Bertz CT molecular complexity index is 841. The van der Waals surface area contributed by atoms with Gasteiger partial charge in [-0.25, -0.2) is 4.79 Å². The van der Waals surface area contributed by atoms with Gasteiger partial charge in [0.25, 0.3) is 5.78 Å². The van der Waals surface area contributed by atoms with Gasteiger partial charge in [0.1, 0.15) is 0 Å². The Labute approximate surface area is 142 Å². The maximum Gasteiger partial charge on any atom is 0.456 e. The van der Waals surface area contributed by atoms with Crippen molar-refractivity contribution in [3.63, 3.8) is 0 Å². The molecule has 0 aliphatic heterocycles. The van der Waals surface area contributed by atoms with E-state index in [1.807, 2.05) is 0 Å². The Hall–Kier alpha value is -3.01. The highest BCUT2D eigenvalue weighted by Gasteiger charge is 2.43. The van der Waals surface area contributed by atoms with E-state index < -0.39 is 29.4 Å². The molecule has 1 aromatic heterocycles. The third kappa shape index (κ3) is 4.51. The van der Waals surface area contributed by atoms with Crippen molar-refractivity contribution in [3.05, 3.63) is 57.9 Å². The van der Waals surface area contributed by atoms with Crippen LogP contribution in [0.1, 0.15) is 15.2 Å². The smallest absolute Gasteiger partial charge is 0.456 e. The first-order valence-electron chi connectivity index (χ1n) is 6.54. The van der Waals surface area contributed by atoms with E-state index in [1.54, 1.807) is 0 Å². The van der Waals surface area contributed by atoms with E-state index in [2.05, 4.69) is 10.2 Å². The SMILES string of the molecule is O=C(O)c1ccc(N=NC(C(=O)C(F)(F)F)=C(O)c2cccs2)cc1. The van der Waals surface area contributed by atoms with Crippen LogP contribution in [-0.2, 0) is 4.79 Å². The monoisotopic (exact) mass is 370 g/mol. The molecule has 0 aliphatic rings. The number of benzene rings is 1. The molecular formula is C15H9F3N2O4S. The van der Waals surface area contributed by atoms with Crippen molar-refractivity contribution in [2.24, 2.45) is 10.2 Å². The van der Waals surface area contributed by atoms with E-state index in [4.69, 9.17) is 5.11 Å². The maximum atomic E-state index is 12.7. The first-order valence-corrected chi connectivity index (χ1v) is 7.42. The lowest BCUT2D eigenvalue weighted by Gasteiger charge is -2.06. The summed E-state index contributed by atoms with van der Waals surface area (Å²) in [5.41, 5.74) is -1.30. The second kappa shape index (κ2) is 7.26. The van der Waals surface area contributed by atoms with Gasteiger partial charge in [0.15, 0.2) is 11.5 Å². The van der Waals surface area contributed by atoms with Gasteiger partial charge in [-0.2, -0.15) is 18.3 Å². The molecule has 1 heterocycles. The van der Waals surface area contributed by atoms with Gasteiger partial charge >= 0.3 is 12.1 Å². The van der Waals surface area contributed by atoms with Crippen molar-refractivity contribution in [2.75, 3.05) is 0 Å². The molecule has 0 unspecified atom stereocenters. The highest BCUT2D eigenvalue weighted by molar-refractivity contribution is 7.11. The number of hydrogen-bond donors (Lipinski definition) is 2. The molecule has 0 saturated heterocycles. The normalized spacial score (nSPS) is 12.9. The summed E-state index contributed by atoms with van der Waals surface area (Å²) in [6.45, 7) is 0. The highest BCUT2D eigenvalue weighted by Crippen LogP contribution is 2.29. The van der Waals surface area contributed by atoms with Crippen LogP contribution in [0.15, 0.2) is 57.7 Å². The quantitative estimate of drug-likeness (QED) is 0.457. The third-order valence-corrected chi connectivity index (χ3v) is 3.71. The number of hydrogen-bond acceptors (Lipinski definition) is 6. The van der Waals surface area contributed by atoms with Crippen molar-refractivity contribution >= 4 is 34.5 Å². The fourth-order valence-electron chi connectivity index (χ4n) is 1.64. The summed E-state index contributed by atoms with van der Waals surface area (Å²) in [5, 5.41) is 26.9. The van der Waals surface area contributed by atoms with Gasteiger partial charge in [0.05, 0.1) is 16.1 Å². The zero-order valence-electron chi connectivity index (χ0n) is 12.2. The number of aromatic carboxylic acids is 1. The molecule has 2 rings (SSSR count). The summed E-state index contributed by atoms with van der Waals surface area (Å²) < 4.78 is 38.1. The molecule has 25 heavy (non-hydrogen) atoms. The molecule has 2 N–H and O–H groups in total. The number of rotatable bonds is 5. The van der Waals surface area contributed by atoms with Crippen LogP contribution >= 0.6 is 11.3 Å². The zero-order chi connectivity index (χ0) is 18.6. The topological polar surface area (TPSA) is 99.3 Å². The molecule has 0 radical (unpaired) electrons. The Morgan fingerprint density at radius 1 is 1.04 bits per heavy atom. The number of nitrogens with zero attached hydrogens (tertiary/aromatic N) is 2. The summed E-state index contributed by atoms with van der Waals surface area (Å²) in [7, 11) is 0. The third-order valence-electron chi connectivity index (χ3n) is 2.83. The second-order valence-electron chi connectivity index (χ2n) is 4.55. The molecule has 0 fully saturated rings. The van der Waals surface area contributed by atoms with E-state index in [0.29, 0.717) is 0 Å². The van der Waals surface area contributed by atoms with Gasteiger partial charge in [0.2, 0.25) is 0 Å². The summed E-state index contributed by atoms with van der Waals surface area (Å²) in [5.74, 6) is -4.47. The van der Waals surface area contributed by atoms with Crippen LogP contribution in [0.4, 0.5) is 18.9 Å². The molecule has 10 heteroatoms. The van der Waals surface area contributed by atoms with Crippen molar-refractivity contribution in [2.45, 2.75) is 6.18 Å². The largest absolute Gasteiger partial charge is 0.504 e. The van der Waals surface area contributed by atoms with Gasteiger partial charge in [-0.1, -0.05) is 6.07 Å². The number of carboxylic acid groups (broad SMARTS) is 1. The Morgan fingerprint density at radius 2 is 1.68 bits per heavy atom. The van der Waals surface area contributed by atoms with Crippen molar-refractivity contribution in [1.82, 2.24) is 0 Å². The Balaban J connectivity index is 2.41. The van der Waals surface area contributed by atoms with E-state index in [-0.39, 0.29) is 16.1 Å². The summed E-state index contributed by atoms with van der Waals surface area (Å²) in [6, 6.07) is 7.54. The fourth-order valence-corrected chi connectivity index (χ4v) is 2.31. The molecule has 1 aromatic carbocycles. The average molecular weight is 370 g/mol. The molecule has 0 atom stereocenters. The molecule has 0 spiro atoms. The summed E-state index contributed by atoms with van der Waals surface area (Å²) >= 11 is 0.920. The molecule has 0 bridgehead atoms. The standard InChI is InChI=1S/C15H9F3N2O4S/c16-15(17,18)13(22)11(12(21)10-2-1-7-25-10)20-19-9-5-3-8(4-6-9)14(23)24/h1-7,21H,(H,23,24). The molecule has 0 aliphatic carbocycles. The highest BCUT2D eigenvalue weighted by atomic mass is 32.1. The minimum absolute atomic E-state index is 0.0106. The lowest BCUT2D eigenvalue weighted by atomic mass is 10.2. The van der Waals surface area contributed by atoms with E-state index >= 15 is 0 Å². The summed E-state index contributed by atoms with van der Waals surface area (Å²) in [4.78, 5) is 22.3. The molecule has 6 nitrogen and oxygen atoms in total. The number of alkyl halides is 3. The predicted molar refractivity (Wildman–Crippen MR) is 82.8 cm³/mol. The number of carbonyl (C=O) groups is 2. The first-order chi connectivity index (χ1) is 11.7. The number of carboxylic acids is 1. The molecule has 0 saturated carbocycles. The number of aliphatic hydroxyl groups is 1.